The van der Waals surface area contributed by atoms with E-state index in [4.69, 9.17) is 5.73 Å². The molecular weight excluding hydrogens is 320 g/mol. The molecule has 1 amide bonds. The molecule has 2 aromatic carbocycles. The fourth-order valence-corrected chi connectivity index (χ4v) is 3.12. The molecule has 0 atom stereocenters. The third-order valence-electron chi connectivity index (χ3n) is 4.79. The second kappa shape index (κ2) is 8.52. The third-order valence-corrected chi connectivity index (χ3v) is 4.79. The van der Waals surface area contributed by atoms with E-state index in [1.54, 1.807) is 0 Å². The number of aryl methyl sites for hydroxylation is 2. The molecule has 134 valence electrons. The van der Waals surface area contributed by atoms with E-state index in [9.17, 15) is 4.79 Å². The highest BCUT2D eigenvalue weighted by molar-refractivity contribution is 5.97. The zero-order valence-corrected chi connectivity index (χ0v) is 15.3. The fourth-order valence-electron chi connectivity index (χ4n) is 3.12. The number of amides is 1. The Morgan fingerprint density at radius 2 is 1.54 bits per heavy atom. The molecular formula is C23H26N2O. The zero-order chi connectivity index (χ0) is 18.4. The molecule has 0 radical (unpaired) electrons. The van der Waals surface area contributed by atoms with Crippen LogP contribution in [0.5, 0.6) is 0 Å². The predicted octanol–water partition coefficient (Wildman–Crippen LogP) is 4.04. The maximum absolute atomic E-state index is 12.4. The van der Waals surface area contributed by atoms with Crippen LogP contribution in [0.2, 0.25) is 0 Å². The Balaban J connectivity index is 1.52. The minimum absolute atomic E-state index is 0.0882. The lowest BCUT2D eigenvalue weighted by Gasteiger charge is -2.15. The molecule has 0 spiro atoms. The molecule has 1 aliphatic carbocycles. The predicted molar refractivity (Wildman–Crippen MR) is 106 cm³/mol. The maximum atomic E-state index is 12.4. The first-order chi connectivity index (χ1) is 12.6. The summed E-state index contributed by atoms with van der Waals surface area (Å²) < 4.78 is 0. The number of nitrogens with two attached hydrogens (primary N) is 1. The lowest BCUT2D eigenvalue weighted by molar-refractivity contribution is -0.117. The van der Waals surface area contributed by atoms with Gasteiger partial charge in [0.1, 0.15) is 0 Å². The average Bonchev–Trinajstić information content (AvgIpc) is 2.68. The van der Waals surface area contributed by atoms with Crippen LogP contribution in [0, 0.1) is 0 Å². The molecule has 0 fully saturated rings. The Morgan fingerprint density at radius 1 is 0.923 bits per heavy atom. The van der Waals surface area contributed by atoms with Gasteiger partial charge in [0, 0.05) is 12.2 Å². The highest BCUT2D eigenvalue weighted by Gasteiger charge is 2.15. The number of allylic oxidation sites excluding steroid dienone is 2. The lowest BCUT2D eigenvalue weighted by atomic mass is 9.97. The van der Waals surface area contributed by atoms with Crippen molar-refractivity contribution in [3.63, 3.8) is 0 Å². The first-order valence-corrected chi connectivity index (χ1v) is 9.17. The van der Waals surface area contributed by atoms with Crippen molar-refractivity contribution in [1.82, 2.24) is 5.32 Å². The van der Waals surface area contributed by atoms with E-state index < -0.39 is 0 Å². The van der Waals surface area contributed by atoms with Gasteiger partial charge in [-0.05, 0) is 55.4 Å². The van der Waals surface area contributed by atoms with Crippen LogP contribution in [0.1, 0.15) is 36.5 Å². The molecule has 0 aromatic heterocycles. The summed E-state index contributed by atoms with van der Waals surface area (Å²) in [6, 6.07) is 19.0. The number of benzene rings is 2. The molecule has 0 saturated carbocycles. The largest absolute Gasteiger partial charge is 0.401 e. The van der Waals surface area contributed by atoms with E-state index in [2.05, 4.69) is 53.8 Å². The summed E-state index contributed by atoms with van der Waals surface area (Å²) in [4.78, 5) is 12.4. The first kappa shape index (κ1) is 18.0. The van der Waals surface area contributed by atoms with Crippen LogP contribution >= 0.6 is 0 Å². The smallest absolute Gasteiger partial charge is 0.253 e. The Morgan fingerprint density at radius 3 is 2.23 bits per heavy atom. The molecule has 3 N–H and O–H groups in total. The van der Waals surface area contributed by atoms with Gasteiger partial charge in [0.2, 0.25) is 0 Å². The molecule has 3 heteroatoms. The summed E-state index contributed by atoms with van der Waals surface area (Å²) in [5.41, 5.74) is 12.2. The van der Waals surface area contributed by atoms with E-state index in [-0.39, 0.29) is 5.91 Å². The highest BCUT2D eigenvalue weighted by Crippen LogP contribution is 2.20. The van der Waals surface area contributed by atoms with Crippen LogP contribution in [-0.2, 0) is 24.2 Å². The van der Waals surface area contributed by atoms with Gasteiger partial charge < -0.3 is 11.1 Å². The summed E-state index contributed by atoms with van der Waals surface area (Å²) in [7, 11) is 0. The Labute approximate surface area is 155 Å². The number of hydrogen-bond acceptors (Lipinski definition) is 2. The minimum Gasteiger partial charge on any atom is -0.401 e. The summed E-state index contributed by atoms with van der Waals surface area (Å²) in [6.07, 6.45) is 5.66. The standard InChI is InChI=1S/C23H26N2O/c1-17-7-14-22(24)21(15-17)23(26)25-16-20-12-10-19(11-13-20)9-8-18-5-3-2-4-6-18/h2-6,10-13,15H,7-9,14,16,24H2,1H3,(H,25,26). The van der Waals surface area contributed by atoms with Gasteiger partial charge in [-0.15, -0.1) is 0 Å². The highest BCUT2D eigenvalue weighted by atomic mass is 16.1. The van der Waals surface area contributed by atoms with Crippen LogP contribution in [0.3, 0.4) is 0 Å². The van der Waals surface area contributed by atoms with Crippen molar-refractivity contribution in [2.45, 2.75) is 39.2 Å². The Bertz CT molecular complexity index is 817. The van der Waals surface area contributed by atoms with Crippen molar-refractivity contribution in [3.05, 3.63) is 94.2 Å². The molecule has 3 nitrogen and oxygen atoms in total. The number of carbonyl (C=O) groups is 1. The van der Waals surface area contributed by atoms with E-state index in [0.717, 1.165) is 31.2 Å². The molecule has 0 bridgehead atoms. The topological polar surface area (TPSA) is 55.1 Å². The number of carbonyl (C=O) groups excluding carboxylic acids is 1. The Kier molecular flexibility index (Phi) is 5.90. The molecule has 2 aromatic rings. The molecule has 1 aliphatic rings. The number of nitrogens with one attached hydrogen (secondary N) is 1. The summed E-state index contributed by atoms with van der Waals surface area (Å²) >= 11 is 0. The zero-order valence-electron chi connectivity index (χ0n) is 15.3. The molecule has 26 heavy (non-hydrogen) atoms. The molecule has 3 rings (SSSR count). The van der Waals surface area contributed by atoms with Crippen molar-refractivity contribution < 1.29 is 4.79 Å². The van der Waals surface area contributed by atoms with Gasteiger partial charge in [-0.1, -0.05) is 60.2 Å². The first-order valence-electron chi connectivity index (χ1n) is 9.17. The summed E-state index contributed by atoms with van der Waals surface area (Å²) in [6.45, 7) is 2.55. The second-order valence-corrected chi connectivity index (χ2v) is 6.91. The van der Waals surface area contributed by atoms with Gasteiger partial charge in [-0.3, -0.25) is 4.79 Å². The normalized spacial score (nSPS) is 14.1. The lowest BCUT2D eigenvalue weighted by Crippen LogP contribution is -2.27. The number of rotatable bonds is 6. The van der Waals surface area contributed by atoms with Crippen LogP contribution in [0.25, 0.3) is 0 Å². The summed E-state index contributed by atoms with van der Waals surface area (Å²) in [5, 5.41) is 2.98. The fraction of sp³-hybridized carbons (Fsp3) is 0.261. The van der Waals surface area contributed by atoms with Crippen molar-refractivity contribution in [2.24, 2.45) is 5.73 Å². The maximum Gasteiger partial charge on any atom is 0.253 e. The molecule has 0 unspecified atom stereocenters. The van der Waals surface area contributed by atoms with Crippen molar-refractivity contribution >= 4 is 5.91 Å². The second-order valence-electron chi connectivity index (χ2n) is 6.91. The van der Waals surface area contributed by atoms with Gasteiger partial charge >= 0.3 is 0 Å². The monoisotopic (exact) mass is 346 g/mol. The van der Waals surface area contributed by atoms with E-state index in [0.29, 0.717) is 17.8 Å². The third kappa shape index (κ3) is 4.85. The van der Waals surface area contributed by atoms with E-state index >= 15 is 0 Å². The van der Waals surface area contributed by atoms with Gasteiger partial charge in [-0.25, -0.2) is 0 Å². The minimum atomic E-state index is -0.0882. The Hall–Kier alpha value is -2.81. The van der Waals surface area contributed by atoms with E-state index in [1.165, 1.54) is 16.7 Å². The molecule has 0 saturated heterocycles. The van der Waals surface area contributed by atoms with Gasteiger partial charge in [0.15, 0.2) is 0 Å². The SMILES string of the molecule is CC1=CC(C(=O)NCc2ccc(CCc3ccccc3)cc2)=C(N)CC1. The van der Waals surface area contributed by atoms with E-state index in [1.807, 2.05) is 19.1 Å². The van der Waals surface area contributed by atoms with Crippen LogP contribution < -0.4 is 11.1 Å². The van der Waals surface area contributed by atoms with Crippen molar-refractivity contribution in [3.8, 4) is 0 Å². The van der Waals surface area contributed by atoms with Crippen LogP contribution in [0.15, 0.2) is 77.5 Å². The van der Waals surface area contributed by atoms with Gasteiger partial charge in [-0.2, -0.15) is 0 Å². The average molecular weight is 346 g/mol. The van der Waals surface area contributed by atoms with Crippen molar-refractivity contribution in [2.75, 3.05) is 0 Å². The van der Waals surface area contributed by atoms with Crippen molar-refractivity contribution in [1.29, 1.82) is 0 Å². The van der Waals surface area contributed by atoms with Gasteiger partial charge in [0.25, 0.3) is 5.91 Å². The quantitative estimate of drug-likeness (QED) is 0.829. The molecule has 0 aliphatic heterocycles. The van der Waals surface area contributed by atoms with Gasteiger partial charge in [0.05, 0.1) is 5.57 Å². The van der Waals surface area contributed by atoms with Crippen LogP contribution in [0.4, 0.5) is 0 Å². The summed E-state index contributed by atoms with van der Waals surface area (Å²) in [5.74, 6) is -0.0882. The number of hydrogen-bond donors (Lipinski definition) is 2. The van der Waals surface area contributed by atoms with Crippen LogP contribution in [-0.4, -0.2) is 5.91 Å². The molecule has 0 heterocycles.